The fraction of sp³-hybridized carbons (Fsp3) is 0.467. The molecule has 0 fully saturated rings. The van der Waals surface area contributed by atoms with E-state index in [1.54, 1.807) is 43.0 Å². The lowest BCUT2D eigenvalue weighted by molar-refractivity contribution is -0.120. The third-order valence-electron chi connectivity index (χ3n) is 3.03. The van der Waals surface area contributed by atoms with Crippen LogP contribution in [0.5, 0.6) is 0 Å². The van der Waals surface area contributed by atoms with Gasteiger partial charge in [-0.05, 0) is 52.0 Å². The van der Waals surface area contributed by atoms with E-state index in [0.717, 1.165) is 0 Å². The minimum Gasteiger partial charge on any atom is -0.339 e. The van der Waals surface area contributed by atoms with Gasteiger partial charge in [0, 0.05) is 24.3 Å². The van der Waals surface area contributed by atoms with Gasteiger partial charge in [0.05, 0.1) is 5.54 Å². The van der Waals surface area contributed by atoms with Crippen molar-refractivity contribution < 1.29 is 9.59 Å². The Morgan fingerprint density at radius 2 is 1.65 bits per heavy atom. The fourth-order valence-electron chi connectivity index (χ4n) is 1.68. The minimum absolute atomic E-state index is 0.00738. The van der Waals surface area contributed by atoms with Crippen LogP contribution in [-0.2, 0) is 4.79 Å². The van der Waals surface area contributed by atoms with Crippen LogP contribution in [0.25, 0.3) is 0 Å². The molecule has 2 amide bonds. The van der Waals surface area contributed by atoms with E-state index in [2.05, 4.69) is 5.32 Å². The Kier molecular flexibility index (Phi) is 5.27. The largest absolute Gasteiger partial charge is 0.339 e. The Balaban J connectivity index is 2.79. The molecular weight excluding hydrogens is 254 g/mol. The van der Waals surface area contributed by atoms with Crippen molar-refractivity contribution in [2.45, 2.75) is 33.2 Å². The number of hydrogen-bond donors (Lipinski definition) is 2. The van der Waals surface area contributed by atoms with Gasteiger partial charge >= 0.3 is 0 Å². The van der Waals surface area contributed by atoms with Crippen LogP contribution in [0.2, 0.25) is 0 Å². The van der Waals surface area contributed by atoms with Crippen molar-refractivity contribution in [2.75, 3.05) is 18.4 Å². The Morgan fingerprint density at radius 3 is 2.05 bits per heavy atom. The number of carbonyl (C=O) groups excluding carboxylic acids is 2. The molecule has 0 saturated heterocycles. The SMILES string of the molecule is CCN(CC)C(=O)c1ccc(NC(=O)C(C)(C)N)cc1. The molecule has 0 heterocycles. The van der Waals surface area contributed by atoms with Crippen molar-refractivity contribution in [1.29, 1.82) is 0 Å². The van der Waals surface area contributed by atoms with Crippen molar-refractivity contribution >= 4 is 17.5 Å². The normalized spacial score (nSPS) is 11.1. The number of carbonyl (C=O) groups is 2. The summed E-state index contributed by atoms with van der Waals surface area (Å²) in [5.41, 5.74) is 6.01. The number of amides is 2. The summed E-state index contributed by atoms with van der Waals surface area (Å²) in [6, 6.07) is 6.83. The summed E-state index contributed by atoms with van der Waals surface area (Å²) < 4.78 is 0. The van der Waals surface area contributed by atoms with E-state index in [9.17, 15) is 9.59 Å². The van der Waals surface area contributed by atoms with Gasteiger partial charge < -0.3 is 16.0 Å². The van der Waals surface area contributed by atoms with Gasteiger partial charge in [0.2, 0.25) is 5.91 Å². The minimum atomic E-state index is -0.935. The molecule has 0 aliphatic heterocycles. The molecule has 0 atom stereocenters. The quantitative estimate of drug-likeness (QED) is 0.862. The molecule has 0 saturated carbocycles. The molecule has 5 heteroatoms. The van der Waals surface area contributed by atoms with Gasteiger partial charge in [-0.2, -0.15) is 0 Å². The second-order valence-corrected chi connectivity index (χ2v) is 5.23. The maximum Gasteiger partial charge on any atom is 0.253 e. The van der Waals surface area contributed by atoms with Crippen LogP contribution in [0.15, 0.2) is 24.3 Å². The lowest BCUT2D eigenvalue weighted by atomic mass is 10.1. The average Bonchev–Trinajstić information content (AvgIpc) is 2.39. The summed E-state index contributed by atoms with van der Waals surface area (Å²) in [5, 5.41) is 2.72. The molecule has 0 spiro atoms. The van der Waals surface area contributed by atoms with Gasteiger partial charge in [-0.3, -0.25) is 9.59 Å². The highest BCUT2D eigenvalue weighted by Crippen LogP contribution is 2.13. The van der Waals surface area contributed by atoms with Crippen molar-refractivity contribution in [2.24, 2.45) is 5.73 Å². The van der Waals surface area contributed by atoms with Crippen LogP contribution < -0.4 is 11.1 Å². The van der Waals surface area contributed by atoms with Gasteiger partial charge in [0.25, 0.3) is 5.91 Å². The van der Waals surface area contributed by atoms with E-state index in [4.69, 9.17) is 5.73 Å². The molecule has 20 heavy (non-hydrogen) atoms. The lowest BCUT2D eigenvalue weighted by Crippen LogP contribution is -2.45. The summed E-state index contributed by atoms with van der Waals surface area (Å²) in [4.78, 5) is 25.6. The highest BCUT2D eigenvalue weighted by Gasteiger charge is 2.21. The second-order valence-electron chi connectivity index (χ2n) is 5.23. The maximum atomic E-state index is 12.1. The zero-order valence-electron chi connectivity index (χ0n) is 12.6. The van der Waals surface area contributed by atoms with Crippen LogP contribution in [0.4, 0.5) is 5.69 Å². The molecule has 0 unspecified atom stereocenters. The fourth-order valence-corrected chi connectivity index (χ4v) is 1.68. The molecule has 1 aromatic rings. The summed E-state index contributed by atoms with van der Waals surface area (Å²) in [6.45, 7) is 8.52. The molecule has 0 aromatic heterocycles. The van der Waals surface area contributed by atoms with E-state index < -0.39 is 5.54 Å². The van der Waals surface area contributed by atoms with Crippen LogP contribution in [0.3, 0.4) is 0 Å². The van der Waals surface area contributed by atoms with Gasteiger partial charge in [-0.1, -0.05) is 0 Å². The summed E-state index contributed by atoms with van der Waals surface area (Å²) in [7, 11) is 0. The monoisotopic (exact) mass is 277 g/mol. The Labute approximate surface area is 120 Å². The van der Waals surface area contributed by atoms with E-state index in [1.807, 2.05) is 13.8 Å². The van der Waals surface area contributed by atoms with E-state index in [0.29, 0.717) is 24.3 Å². The zero-order valence-corrected chi connectivity index (χ0v) is 12.6. The predicted octanol–water partition coefficient (Wildman–Crippen LogP) is 1.84. The van der Waals surface area contributed by atoms with Crippen molar-refractivity contribution in [3.8, 4) is 0 Å². The lowest BCUT2D eigenvalue weighted by Gasteiger charge is -2.19. The maximum absolute atomic E-state index is 12.1. The van der Waals surface area contributed by atoms with Crippen LogP contribution in [-0.4, -0.2) is 35.3 Å². The molecule has 0 radical (unpaired) electrons. The highest BCUT2D eigenvalue weighted by atomic mass is 16.2. The first-order chi connectivity index (χ1) is 9.29. The number of nitrogens with zero attached hydrogens (tertiary/aromatic N) is 1. The number of rotatable bonds is 5. The van der Waals surface area contributed by atoms with E-state index in [-0.39, 0.29) is 11.8 Å². The second kappa shape index (κ2) is 6.52. The Hall–Kier alpha value is -1.88. The Morgan fingerprint density at radius 1 is 1.15 bits per heavy atom. The molecule has 0 aliphatic carbocycles. The third kappa shape index (κ3) is 4.06. The van der Waals surface area contributed by atoms with Crippen molar-refractivity contribution in [3.63, 3.8) is 0 Å². The molecule has 3 N–H and O–H groups in total. The predicted molar refractivity (Wildman–Crippen MR) is 80.6 cm³/mol. The van der Waals surface area contributed by atoms with Gasteiger partial charge in [-0.25, -0.2) is 0 Å². The molecular formula is C15H23N3O2. The first kappa shape index (κ1) is 16.2. The van der Waals surface area contributed by atoms with E-state index >= 15 is 0 Å². The standard InChI is InChI=1S/C15H23N3O2/c1-5-18(6-2)13(19)11-7-9-12(10-8-11)17-14(20)15(3,4)16/h7-10H,5-6,16H2,1-4H3,(H,17,20). The summed E-state index contributed by atoms with van der Waals surface area (Å²) >= 11 is 0. The van der Waals surface area contributed by atoms with Crippen molar-refractivity contribution in [1.82, 2.24) is 4.90 Å². The number of nitrogens with one attached hydrogen (secondary N) is 1. The van der Waals surface area contributed by atoms with Gasteiger partial charge in [0.15, 0.2) is 0 Å². The highest BCUT2D eigenvalue weighted by molar-refractivity contribution is 5.98. The first-order valence-corrected chi connectivity index (χ1v) is 6.79. The molecule has 0 bridgehead atoms. The number of nitrogens with two attached hydrogens (primary N) is 1. The third-order valence-corrected chi connectivity index (χ3v) is 3.03. The molecule has 1 rings (SSSR count). The average molecular weight is 277 g/mol. The van der Waals surface area contributed by atoms with Crippen LogP contribution >= 0.6 is 0 Å². The van der Waals surface area contributed by atoms with Crippen LogP contribution in [0.1, 0.15) is 38.1 Å². The summed E-state index contributed by atoms with van der Waals surface area (Å²) in [6.07, 6.45) is 0. The topological polar surface area (TPSA) is 75.4 Å². The molecule has 1 aromatic carbocycles. The molecule has 0 aliphatic rings. The molecule has 110 valence electrons. The first-order valence-electron chi connectivity index (χ1n) is 6.79. The van der Waals surface area contributed by atoms with Gasteiger partial charge in [-0.15, -0.1) is 0 Å². The van der Waals surface area contributed by atoms with Gasteiger partial charge in [0.1, 0.15) is 0 Å². The van der Waals surface area contributed by atoms with E-state index in [1.165, 1.54) is 0 Å². The molecule has 5 nitrogen and oxygen atoms in total. The smallest absolute Gasteiger partial charge is 0.253 e. The summed E-state index contributed by atoms with van der Waals surface area (Å²) in [5.74, 6) is -0.271. The Bertz CT molecular complexity index is 471. The zero-order chi connectivity index (χ0) is 15.3. The number of hydrogen-bond acceptors (Lipinski definition) is 3. The number of anilines is 1. The van der Waals surface area contributed by atoms with Crippen LogP contribution in [0, 0.1) is 0 Å². The number of benzene rings is 1. The van der Waals surface area contributed by atoms with Crippen molar-refractivity contribution in [3.05, 3.63) is 29.8 Å².